The van der Waals surface area contributed by atoms with Gasteiger partial charge in [-0.3, -0.25) is 0 Å². The Labute approximate surface area is 110 Å². The van der Waals surface area contributed by atoms with Crippen LogP contribution in [0.1, 0.15) is 17.2 Å². The van der Waals surface area contributed by atoms with Crippen LogP contribution in [0.3, 0.4) is 0 Å². The van der Waals surface area contributed by atoms with E-state index in [1.165, 1.54) is 0 Å². The summed E-state index contributed by atoms with van der Waals surface area (Å²) in [4.78, 5) is 0. The van der Waals surface area contributed by atoms with Gasteiger partial charge >= 0.3 is 0 Å². The van der Waals surface area contributed by atoms with Gasteiger partial charge in [0, 0.05) is 5.02 Å². The quantitative estimate of drug-likeness (QED) is 0.802. The van der Waals surface area contributed by atoms with Crippen LogP contribution in [0.4, 0.5) is 0 Å². The minimum atomic E-state index is -0.917. The molecule has 2 N–H and O–H groups in total. The smallest absolute Gasteiger partial charge is 0.116 e. The molecule has 0 saturated carbocycles. The van der Waals surface area contributed by atoms with Crippen molar-refractivity contribution in [1.82, 2.24) is 0 Å². The summed E-state index contributed by atoms with van der Waals surface area (Å²) in [6.45, 7) is 0.726. The third-order valence-corrected chi connectivity index (χ3v) is 3.81. The molecular formula is C13H15ClO4. The summed E-state index contributed by atoms with van der Waals surface area (Å²) >= 11 is 6.01. The monoisotopic (exact) mass is 270 g/mol. The molecule has 0 amide bonds. The van der Waals surface area contributed by atoms with Crippen LogP contribution in [-0.2, 0) is 15.9 Å². The Morgan fingerprint density at radius 3 is 2.78 bits per heavy atom. The minimum Gasteiger partial charge on any atom is -0.388 e. The first kappa shape index (κ1) is 12.4. The van der Waals surface area contributed by atoms with Crippen molar-refractivity contribution in [2.75, 3.05) is 13.2 Å². The van der Waals surface area contributed by atoms with E-state index < -0.39 is 18.3 Å². The van der Waals surface area contributed by atoms with Crippen molar-refractivity contribution in [3.8, 4) is 0 Å². The lowest BCUT2D eigenvalue weighted by atomic mass is 9.92. The molecular weight excluding hydrogens is 256 g/mol. The molecule has 4 atom stereocenters. The summed E-state index contributed by atoms with van der Waals surface area (Å²) in [6, 6.07) is 5.68. The lowest BCUT2D eigenvalue weighted by Gasteiger charge is -2.31. The number of benzene rings is 1. The van der Waals surface area contributed by atoms with Gasteiger partial charge in [0.25, 0.3) is 0 Å². The number of aliphatic hydroxyl groups is 2. The van der Waals surface area contributed by atoms with E-state index in [-0.39, 0.29) is 12.7 Å². The Morgan fingerprint density at radius 2 is 2.06 bits per heavy atom. The van der Waals surface area contributed by atoms with Crippen LogP contribution in [0.5, 0.6) is 0 Å². The van der Waals surface area contributed by atoms with Gasteiger partial charge in [-0.1, -0.05) is 17.7 Å². The Kier molecular flexibility index (Phi) is 3.30. The topological polar surface area (TPSA) is 58.9 Å². The predicted molar refractivity (Wildman–Crippen MR) is 65.6 cm³/mol. The van der Waals surface area contributed by atoms with Crippen LogP contribution >= 0.6 is 11.6 Å². The largest absolute Gasteiger partial charge is 0.388 e. The van der Waals surface area contributed by atoms with Crippen molar-refractivity contribution in [3.63, 3.8) is 0 Å². The third-order valence-electron chi connectivity index (χ3n) is 3.57. The molecule has 3 unspecified atom stereocenters. The molecule has 18 heavy (non-hydrogen) atoms. The molecule has 0 bridgehead atoms. The van der Waals surface area contributed by atoms with Crippen molar-refractivity contribution in [2.24, 2.45) is 0 Å². The summed E-state index contributed by atoms with van der Waals surface area (Å²) in [7, 11) is 0. The zero-order valence-corrected chi connectivity index (χ0v) is 10.5. The minimum absolute atomic E-state index is 0.140. The summed E-state index contributed by atoms with van der Waals surface area (Å²) < 4.78 is 11.2. The zero-order chi connectivity index (χ0) is 12.7. The lowest BCUT2D eigenvalue weighted by Crippen LogP contribution is -2.37. The van der Waals surface area contributed by atoms with E-state index in [1.54, 1.807) is 0 Å². The highest BCUT2D eigenvalue weighted by atomic mass is 35.5. The Balaban J connectivity index is 1.93. The fourth-order valence-corrected chi connectivity index (χ4v) is 2.79. The van der Waals surface area contributed by atoms with E-state index in [0.29, 0.717) is 11.6 Å². The maximum Gasteiger partial charge on any atom is 0.116 e. The van der Waals surface area contributed by atoms with Crippen molar-refractivity contribution in [3.05, 3.63) is 34.3 Å². The average molecular weight is 271 g/mol. The fraction of sp³-hybridized carbons (Fsp3) is 0.538. The van der Waals surface area contributed by atoms with Crippen LogP contribution in [0.25, 0.3) is 0 Å². The van der Waals surface area contributed by atoms with Gasteiger partial charge in [0.15, 0.2) is 0 Å². The molecule has 0 spiro atoms. The van der Waals surface area contributed by atoms with Crippen molar-refractivity contribution in [2.45, 2.75) is 30.8 Å². The summed E-state index contributed by atoms with van der Waals surface area (Å²) in [5.41, 5.74) is 2.11. The fourth-order valence-electron chi connectivity index (χ4n) is 2.61. The SMILES string of the molecule is OC1COC([C@@H]2OCCc3ccc(Cl)cc32)C1O. The van der Waals surface area contributed by atoms with Gasteiger partial charge in [-0.15, -0.1) is 0 Å². The number of fused-ring (bicyclic) bond motifs is 1. The van der Waals surface area contributed by atoms with Gasteiger partial charge in [-0.2, -0.15) is 0 Å². The molecule has 1 aromatic rings. The highest BCUT2D eigenvalue weighted by Gasteiger charge is 2.42. The van der Waals surface area contributed by atoms with E-state index >= 15 is 0 Å². The molecule has 1 fully saturated rings. The third kappa shape index (κ3) is 2.04. The molecule has 5 heteroatoms. The van der Waals surface area contributed by atoms with Crippen LogP contribution in [0.15, 0.2) is 18.2 Å². The van der Waals surface area contributed by atoms with E-state index in [9.17, 15) is 10.2 Å². The Bertz CT molecular complexity index is 451. The molecule has 2 heterocycles. The van der Waals surface area contributed by atoms with Gasteiger partial charge < -0.3 is 19.7 Å². The summed E-state index contributed by atoms with van der Waals surface area (Å²) in [5.74, 6) is 0. The van der Waals surface area contributed by atoms with Crippen molar-refractivity contribution < 1.29 is 19.7 Å². The molecule has 1 saturated heterocycles. The van der Waals surface area contributed by atoms with Crippen molar-refractivity contribution >= 4 is 11.6 Å². The lowest BCUT2D eigenvalue weighted by molar-refractivity contribution is -0.0902. The number of aliphatic hydroxyl groups excluding tert-OH is 2. The van der Waals surface area contributed by atoms with Gasteiger partial charge in [0.05, 0.1) is 13.2 Å². The number of ether oxygens (including phenoxy) is 2. The van der Waals surface area contributed by atoms with Crippen LogP contribution in [0, 0.1) is 0 Å². The van der Waals surface area contributed by atoms with Gasteiger partial charge in [0.2, 0.25) is 0 Å². The summed E-state index contributed by atoms with van der Waals surface area (Å²) in [5, 5.41) is 20.1. The zero-order valence-electron chi connectivity index (χ0n) is 9.75. The maximum absolute atomic E-state index is 9.92. The van der Waals surface area contributed by atoms with Gasteiger partial charge in [-0.25, -0.2) is 0 Å². The van der Waals surface area contributed by atoms with Crippen LogP contribution in [-0.4, -0.2) is 41.7 Å². The molecule has 0 aromatic heterocycles. The second-order valence-electron chi connectivity index (χ2n) is 4.74. The van der Waals surface area contributed by atoms with Crippen molar-refractivity contribution in [1.29, 1.82) is 0 Å². The number of rotatable bonds is 1. The Hall–Kier alpha value is -0.650. The van der Waals surface area contributed by atoms with E-state index in [0.717, 1.165) is 17.5 Å². The molecule has 1 aromatic carbocycles. The molecule has 98 valence electrons. The highest BCUT2D eigenvalue weighted by molar-refractivity contribution is 6.30. The second-order valence-corrected chi connectivity index (χ2v) is 5.18. The molecule has 0 aliphatic carbocycles. The number of halogens is 1. The van der Waals surface area contributed by atoms with Gasteiger partial charge in [-0.05, 0) is 29.7 Å². The first-order valence-corrected chi connectivity index (χ1v) is 6.42. The standard InChI is InChI=1S/C13H15ClO4/c14-8-2-1-7-3-4-17-12(9(7)5-8)13-11(16)10(15)6-18-13/h1-2,5,10-13,15-16H,3-4,6H2/t10?,11?,12-,13?/m1/s1. The van der Waals surface area contributed by atoms with E-state index in [1.807, 2.05) is 18.2 Å². The van der Waals surface area contributed by atoms with Crippen LogP contribution < -0.4 is 0 Å². The molecule has 3 rings (SSSR count). The average Bonchev–Trinajstić information content (AvgIpc) is 2.69. The first-order valence-electron chi connectivity index (χ1n) is 6.04. The molecule has 0 radical (unpaired) electrons. The van der Waals surface area contributed by atoms with Gasteiger partial charge in [0.1, 0.15) is 24.4 Å². The molecule has 4 nitrogen and oxygen atoms in total. The van der Waals surface area contributed by atoms with Crippen LogP contribution in [0.2, 0.25) is 5.02 Å². The number of hydrogen-bond donors (Lipinski definition) is 2. The van der Waals surface area contributed by atoms with E-state index in [4.69, 9.17) is 21.1 Å². The maximum atomic E-state index is 9.92. The predicted octanol–water partition coefficient (Wildman–Crippen LogP) is 1.07. The Morgan fingerprint density at radius 1 is 1.22 bits per heavy atom. The molecule has 2 aliphatic heterocycles. The first-order chi connectivity index (χ1) is 8.66. The normalized spacial score (nSPS) is 35.5. The molecule has 2 aliphatic rings. The summed E-state index contributed by atoms with van der Waals surface area (Å²) in [6.07, 6.45) is -1.82. The highest BCUT2D eigenvalue weighted by Crippen LogP contribution is 2.36. The van der Waals surface area contributed by atoms with E-state index in [2.05, 4.69) is 0 Å². The number of hydrogen-bond acceptors (Lipinski definition) is 4. The second kappa shape index (κ2) is 4.79.